The highest BCUT2D eigenvalue weighted by atomic mass is 19.1. The van der Waals surface area contributed by atoms with E-state index in [1.165, 1.54) is 12.1 Å². The topological polar surface area (TPSA) is 46.5 Å². The van der Waals surface area contributed by atoms with Gasteiger partial charge >= 0.3 is 5.97 Å². The Morgan fingerprint density at radius 3 is 2.33 bits per heavy atom. The van der Waals surface area contributed by atoms with Gasteiger partial charge in [-0.25, -0.2) is 9.18 Å². The first-order chi connectivity index (χ1) is 14.5. The number of carbonyl (C=O) groups is 1. The van der Waals surface area contributed by atoms with Crippen molar-refractivity contribution in [3.63, 3.8) is 0 Å². The van der Waals surface area contributed by atoms with Crippen LogP contribution in [0.3, 0.4) is 0 Å². The van der Waals surface area contributed by atoms with Gasteiger partial charge < -0.3 is 9.84 Å². The number of aromatic carboxylic acids is 1. The van der Waals surface area contributed by atoms with Gasteiger partial charge in [0.2, 0.25) is 0 Å². The first-order valence-electron chi connectivity index (χ1n) is 9.43. The number of carboxylic acids is 1. The van der Waals surface area contributed by atoms with Crippen LogP contribution in [0.1, 0.15) is 21.5 Å². The van der Waals surface area contributed by atoms with Gasteiger partial charge in [-0.2, -0.15) is 0 Å². The van der Waals surface area contributed by atoms with Gasteiger partial charge in [0, 0.05) is 0 Å². The maximum atomic E-state index is 13.2. The van der Waals surface area contributed by atoms with E-state index in [0.29, 0.717) is 5.56 Å². The average molecular weight is 398 g/mol. The molecule has 0 atom stereocenters. The molecule has 0 aliphatic carbocycles. The number of ether oxygens (including phenoxy) is 1. The molecule has 4 aromatic rings. The summed E-state index contributed by atoms with van der Waals surface area (Å²) < 4.78 is 18.6. The minimum atomic E-state index is -1.00. The molecule has 0 amide bonds. The van der Waals surface area contributed by atoms with E-state index in [2.05, 4.69) is 0 Å². The van der Waals surface area contributed by atoms with Gasteiger partial charge in [0.25, 0.3) is 0 Å². The number of fused-ring (bicyclic) bond motifs is 1. The molecule has 0 radical (unpaired) electrons. The fraction of sp³-hybridized carbons (Fsp3) is 0.0385. The summed E-state index contributed by atoms with van der Waals surface area (Å²) in [5.74, 6) is -0.555. The zero-order valence-electron chi connectivity index (χ0n) is 16.3. The lowest BCUT2D eigenvalue weighted by molar-refractivity contribution is 0.0696. The molecule has 4 aromatic carbocycles. The Hall–Kier alpha value is -3.92. The Labute approximate surface area is 173 Å². The van der Waals surface area contributed by atoms with Crippen LogP contribution in [0, 0.1) is 5.82 Å². The molecule has 30 heavy (non-hydrogen) atoms. The quantitative estimate of drug-likeness (QED) is 0.389. The second-order valence-electron chi connectivity index (χ2n) is 6.88. The molecular weight excluding hydrogens is 379 g/mol. The Morgan fingerprint density at radius 1 is 0.867 bits per heavy atom. The predicted octanol–water partition coefficient (Wildman–Crippen LogP) is 6.52. The smallest absolute Gasteiger partial charge is 0.336 e. The summed E-state index contributed by atoms with van der Waals surface area (Å²) in [7, 11) is 1.62. The molecule has 3 nitrogen and oxygen atoms in total. The summed E-state index contributed by atoms with van der Waals surface area (Å²) in [4.78, 5) is 11.7. The van der Waals surface area contributed by atoms with Crippen molar-refractivity contribution in [2.24, 2.45) is 0 Å². The van der Waals surface area contributed by atoms with Crippen LogP contribution in [0.4, 0.5) is 4.39 Å². The minimum absolute atomic E-state index is 0.204. The minimum Gasteiger partial charge on any atom is -0.497 e. The molecular formula is C26H19FO3. The highest BCUT2D eigenvalue weighted by Gasteiger charge is 2.10. The van der Waals surface area contributed by atoms with Crippen molar-refractivity contribution < 1.29 is 19.0 Å². The number of carboxylic acid groups (broad SMARTS) is 1. The van der Waals surface area contributed by atoms with Crippen molar-refractivity contribution in [2.45, 2.75) is 0 Å². The predicted molar refractivity (Wildman–Crippen MR) is 118 cm³/mol. The highest BCUT2D eigenvalue weighted by molar-refractivity contribution is 5.97. The van der Waals surface area contributed by atoms with E-state index in [1.54, 1.807) is 43.5 Å². The molecule has 0 unspecified atom stereocenters. The van der Waals surface area contributed by atoms with Crippen LogP contribution in [-0.2, 0) is 0 Å². The van der Waals surface area contributed by atoms with E-state index in [0.717, 1.165) is 33.2 Å². The molecule has 4 heteroatoms. The first kappa shape index (κ1) is 19.4. The van der Waals surface area contributed by atoms with Crippen LogP contribution in [0.5, 0.6) is 5.75 Å². The molecule has 0 aliphatic heterocycles. The number of hydrogen-bond acceptors (Lipinski definition) is 2. The summed E-state index contributed by atoms with van der Waals surface area (Å²) in [6, 6.07) is 23.1. The molecule has 0 fully saturated rings. The van der Waals surface area contributed by atoms with Crippen molar-refractivity contribution in [2.75, 3.05) is 7.11 Å². The summed E-state index contributed by atoms with van der Waals surface area (Å²) in [5, 5.41) is 11.7. The summed E-state index contributed by atoms with van der Waals surface area (Å²) in [5.41, 5.74) is 3.37. The largest absolute Gasteiger partial charge is 0.497 e. The van der Waals surface area contributed by atoms with Crippen LogP contribution in [-0.4, -0.2) is 18.2 Å². The lowest BCUT2D eigenvalue weighted by atomic mass is 9.97. The van der Waals surface area contributed by atoms with E-state index in [-0.39, 0.29) is 11.4 Å². The summed E-state index contributed by atoms with van der Waals surface area (Å²) in [6.45, 7) is 0. The molecule has 0 saturated carbocycles. The molecule has 0 heterocycles. The molecule has 4 rings (SSSR count). The fourth-order valence-electron chi connectivity index (χ4n) is 3.45. The number of methoxy groups -OCH3 is 1. The zero-order chi connectivity index (χ0) is 21.1. The van der Waals surface area contributed by atoms with Gasteiger partial charge in [-0.05, 0) is 69.4 Å². The van der Waals surface area contributed by atoms with Crippen molar-refractivity contribution in [1.29, 1.82) is 0 Å². The van der Waals surface area contributed by atoms with Crippen LogP contribution in [0.15, 0.2) is 78.9 Å². The van der Waals surface area contributed by atoms with E-state index < -0.39 is 5.97 Å². The number of halogens is 1. The van der Waals surface area contributed by atoms with E-state index in [4.69, 9.17) is 4.74 Å². The molecule has 148 valence electrons. The maximum absolute atomic E-state index is 13.2. The summed E-state index contributed by atoms with van der Waals surface area (Å²) in [6.07, 6.45) is 3.70. The lowest BCUT2D eigenvalue weighted by Gasteiger charge is -2.08. The molecule has 0 saturated heterocycles. The Balaban J connectivity index is 1.79. The van der Waals surface area contributed by atoms with Crippen LogP contribution < -0.4 is 4.74 Å². The number of benzene rings is 4. The van der Waals surface area contributed by atoms with Gasteiger partial charge in [0.05, 0.1) is 12.7 Å². The third kappa shape index (κ3) is 3.94. The average Bonchev–Trinajstić information content (AvgIpc) is 2.77. The third-order valence-corrected chi connectivity index (χ3v) is 5.03. The van der Waals surface area contributed by atoms with Gasteiger partial charge in [0.15, 0.2) is 0 Å². The number of rotatable bonds is 5. The SMILES string of the molecule is COc1ccc2cccc(/C=C/c3cc(-c4ccc(F)cc4)ccc3C(=O)O)c2c1. The monoisotopic (exact) mass is 398 g/mol. The molecule has 0 aliphatic rings. The van der Waals surface area contributed by atoms with Crippen molar-refractivity contribution in [1.82, 2.24) is 0 Å². The second kappa shape index (κ2) is 8.21. The van der Waals surface area contributed by atoms with E-state index >= 15 is 0 Å². The van der Waals surface area contributed by atoms with Gasteiger partial charge in [-0.3, -0.25) is 0 Å². The van der Waals surface area contributed by atoms with Crippen molar-refractivity contribution in [3.05, 3.63) is 101 Å². The maximum Gasteiger partial charge on any atom is 0.336 e. The van der Waals surface area contributed by atoms with Crippen LogP contribution in [0.2, 0.25) is 0 Å². The van der Waals surface area contributed by atoms with Gasteiger partial charge in [0.1, 0.15) is 11.6 Å². The Kier molecular flexibility index (Phi) is 5.31. The van der Waals surface area contributed by atoms with Crippen LogP contribution in [0.25, 0.3) is 34.1 Å². The summed E-state index contributed by atoms with van der Waals surface area (Å²) >= 11 is 0. The zero-order valence-corrected chi connectivity index (χ0v) is 16.3. The molecule has 0 aromatic heterocycles. The van der Waals surface area contributed by atoms with Crippen molar-refractivity contribution in [3.8, 4) is 16.9 Å². The highest BCUT2D eigenvalue weighted by Crippen LogP contribution is 2.28. The number of hydrogen-bond donors (Lipinski definition) is 1. The Bertz CT molecular complexity index is 1260. The van der Waals surface area contributed by atoms with Gasteiger partial charge in [-0.15, -0.1) is 0 Å². The normalized spacial score (nSPS) is 11.1. The second-order valence-corrected chi connectivity index (χ2v) is 6.88. The first-order valence-corrected chi connectivity index (χ1v) is 9.43. The lowest BCUT2D eigenvalue weighted by Crippen LogP contribution is -1.99. The molecule has 0 bridgehead atoms. The standard InChI is InChI=1S/C26H19FO3/c1-30-23-13-9-19-4-2-3-18(25(19)16-23)5-6-21-15-20(10-14-24(21)26(28)29)17-7-11-22(27)12-8-17/h2-16H,1H3,(H,28,29)/b6-5+. The van der Waals surface area contributed by atoms with E-state index in [9.17, 15) is 14.3 Å². The Morgan fingerprint density at radius 2 is 1.60 bits per heavy atom. The third-order valence-electron chi connectivity index (χ3n) is 5.03. The van der Waals surface area contributed by atoms with Gasteiger partial charge in [-0.1, -0.05) is 54.6 Å². The van der Waals surface area contributed by atoms with Crippen LogP contribution >= 0.6 is 0 Å². The van der Waals surface area contributed by atoms with Crippen molar-refractivity contribution >= 4 is 28.9 Å². The molecule has 0 spiro atoms. The van der Waals surface area contributed by atoms with E-state index in [1.807, 2.05) is 42.5 Å². The molecule has 1 N–H and O–H groups in total. The fourth-order valence-corrected chi connectivity index (χ4v) is 3.45.